The van der Waals surface area contributed by atoms with Gasteiger partial charge in [0.25, 0.3) is 5.89 Å². The standard InChI is InChI=1S/C10H7NO/c1-2-5-10-11-8-6-3-4-7-9(8)12-10/h3-4,6-7H,1H3. The molecule has 2 nitrogen and oxygen atoms in total. The van der Waals surface area contributed by atoms with Crippen molar-refractivity contribution in [3.05, 3.63) is 30.2 Å². The van der Waals surface area contributed by atoms with Crippen LogP contribution in [0.5, 0.6) is 0 Å². The molecule has 1 aromatic heterocycles. The average molecular weight is 157 g/mol. The normalized spacial score (nSPS) is 9.42. The van der Waals surface area contributed by atoms with Gasteiger partial charge in [-0.25, -0.2) is 4.98 Å². The van der Waals surface area contributed by atoms with Crippen LogP contribution in [-0.2, 0) is 0 Å². The van der Waals surface area contributed by atoms with Gasteiger partial charge in [0.05, 0.1) is 0 Å². The molecule has 0 unspecified atom stereocenters. The van der Waals surface area contributed by atoms with Crippen LogP contribution < -0.4 is 0 Å². The summed E-state index contributed by atoms with van der Waals surface area (Å²) in [6.45, 7) is 1.76. The summed E-state index contributed by atoms with van der Waals surface area (Å²) in [4.78, 5) is 4.16. The van der Waals surface area contributed by atoms with E-state index < -0.39 is 0 Å². The van der Waals surface area contributed by atoms with Crippen molar-refractivity contribution < 1.29 is 4.42 Å². The second-order valence-corrected chi connectivity index (χ2v) is 2.36. The maximum Gasteiger partial charge on any atom is 0.274 e. The van der Waals surface area contributed by atoms with Crippen molar-refractivity contribution in [3.8, 4) is 11.8 Å². The fourth-order valence-electron chi connectivity index (χ4n) is 1.03. The van der Waals surface area contributed by atoms with Gasteiger partial charge in [0, 0.05) is 0 Å². The maximum atomic E-state index is 5.32. The number of rotatable bonds is 0. The maximum absolute atomic E-state index is 5.32. The molecular weight excluding hydrogens is 150 g/mol. The van der Waals surface area contributed by atoms with Gasteiger partial charge in [-0.05, 0) is 25.0 Å². The van der Waals surface area contributed by atoms with E-state index in [1.165, 1.54) is 0 Å². The van der Waals surface area contributed by atoms with Crippen LogP contribution in [0.1, 0.15) is 12.8 Å². The minimum absolute atomic E-state index is 0.485. The Morgan fingerprint density at radius 1 is 1.33 bits per heavy atom. The quantitative estimate of drug-likeness (QED) is 0.548. The smallest absolute Gasteiger partial charge is 0.274 e. The molecule has 0 N–H and O–H groups in total. The van der Waals surface area contributed by atoms with Crippen LogP contribution in [-0.4, -0.2) is 4.98 Å². The molecule has 0 spiro atoms. The lowest BCUT2D eigenvalue weighted by Crippen LogP contribution is -1.68. The Morgan fingerprint density at radius 3 is 2.92 bits per heavy atom. The monoisotopic (exact) mass is 157 g/mol. The third-order valence-corrected chi connectivity index (χ3v) is 1.53. The van der Waals surface area contributed by atoms with E-state index in [-0.39, 0.29) is 0 Å². The summed E-state index contributed by atoms with van der Waals surface area (Å²) in [5.74, 6) is 5.99. The summed E-state index contributed by atoms with van der Waals surface area (Å²) in [6.07, 6.45) is 0. The summed E-state index contributed by atoms with van der Waals surface area (Å²) in [5.41, 5.74) is 1.64. The minimum atomic E-state index is 0.485. The number of aromatic nitrogens is 1. The first-order valence-corrected chi connectivity index (χ1v) is 3.68. The molecule has 0 radical (unpaired) electrons. The summed E-state index contributed by atoms with van der Waals surface area (Å²) in [7, 11) is 0. The molecule has 0 amide bonds. The van der Waals surface area contributed by atoms with Crippen molar-refractivity contribution in [2.45, 2.75) is 6.92 Å². The summed E-state index contributed by atoms with van der Waals surface area (Å²) in [6, 6.07) is 7.62. The molecule has 2 rings (SSSR count). The number of oxazole rings is 1. The van der Waals surface area contributed by atoms with Crippen molar-refractivity contribution in [1.29, 1.82) is 0 Å². The van der Waals surface area contributed by atoms with Crippen LogP contribution in [0.4, 0.5) is 0 Å². The van der Waals surface area contributed by atoms with Crippen molar-refractivity contribution in [3.63, 3.8) is 0 Å². The van der Waals surface area contributed by atoms with Crippen LogP contribution in [0, 0.1) is 11.8 Å². The lowest BCUT2D eigenvalue weighted by Gasteiger charge is -1.79. The summed E-state index contributed by atoms with van der Waals surface area (Å²) in [5, 5.41) is 0. The number of nitrogens with zero attached hydrogens (tertiary/aromatic N) is 1. The van der Waals surface area contributed by atoms with Gasteiger partial charge in [0.1, 0.15) is 5.52 Å². The van der Waals surface area contributed by atoms with Crippen LogP contribution >= 0.6 is 0 Å². The molecule has 58 valence electrons. The van der Waals surface area contributed by atoms with E-state index in [4.69, 9.17) is 4.42 Å². The second-order valence-electron chi connectivity index (χ2n) is 2.36. The number of benzene rings is 1. The molecule has 1 aromatic carbocycles. The van der Waals surface area contributed by atoms with Crippen molar-refractivity contribution in [2.24, 2.45) is 0 Å². The van der Waals surface area contributed by atoms with Crippen molar-refractivity contribution in [1.82, 2.24) is 4.98 Å². The molecule has 0 aliphatic heterocycles. The molecule has 0 saturated carbocycles. The molecule has 0 saturated heterocycles. The number of para-hydroxylation sites is 2. The van der Waals surface area contributed by atoms with E-state index in [0.717, 1.165) is 11.1 Å². The highest BCUT2D eigenvalue weighted by atomic mass is 16.3. The Hall–Kier alpha value is -1.75. The van der Waals surface area contributed by atoms with E-state index in [1.54, 1.807) is 6.92 Å². The lowest BCUT2D eigenvalue weighted by atomic mass is 10.3. The van der Waals surface area contributed by atoms with Gasteiger partial charge in [-0.2, -0.15) is 0 Å². The Balaban J connectivity index is 2.67. The lowest BCUT2D eigenvalue weighted by molar-refractivity contribution is 0.586. The Morgan fingerprint density at radius 2 is 2.17 bits per heavy atom. The van der Waals surface area contributed by atoms with E-state index >= 15 is 0 Å². The largest absolute Gasteiger partial charge is 0.430 e. The van der Waals surface area contributed by atoms with Gasteiger partial charge in [0.15, 0.2) is 5.58 Å². The zero-order valence-electron chi connectivity index (χ0n) is 6.66. The number of hydrogen-bond donors (Lipinski definition) is 0. The molecule has 12 heavy (non-hydrogen) atoms. The molecule has 2 aromatic rings. The minimum Gasteiger partial charge on any atom is -0.430 e. The Kier molecular flexibility index (Phi) is 1.56. The van der Waals surface area contributed by atoms with Crippen LogP contribution in [0.15, 0.2) is 28.7 Å². The Labute approximate surface area is 70.2 Å². The van der Waals surface area contributed by atoms with E-state index in [0.29, 0.717) is 5.89 Å². The first-order chi connectivity index (χ1) is 5.90. The molecule has 0 bridgehead atoms. The molecule has 0 aliphatic rings. The van der Waals surface area contributed by atoms with Crippen LogP contribution in [0.3, 0.4) is 0 Å². The van der Waals surface area contributed by atoms with Gasteiger partial charge in [-0.15, -0.1) is 0 Å². The van der Waals surface area contributed by atoms with Crippen molar-refractivity contribution >= 4 is 11.1 Å². The Bertz CT molecular complexity index is 426. The van der Waals surface area contributed by atoms with Gasteiger partial charge in [-0.1, -0.05) is 18.1 Å². The number of fused-ring (bicyclic) bond motifs is 1. The third-order valence-electron chi connectivity index (χ3n) is 1.53. The fraction of sp³-hybridized carbons (Fsp3) is 0.100. The van der Waals surface area contributed by atoms with E-state index in [9.17, 15) is 0 Å². The fourth-order valence-corrected chi connectivity index (χ4v) is 1.03. The van der Waals surface area contributed by atoms with Crippen LogP contribution in [0.25, 0.3) is 11.1 Å². The molecular formula is C10H7NO. The highest BCUT2D eigenvalue weighted by Crippen LogP contribution is 2.13. The number of hydrogen-bond acceptors (Lipinski definition) is 2. The first kappa shape index (κ1) is 6.93. The zero-order chi connectivity index (χ0) is 8.39. The van der Waals surface area contributed by atoms with E-state index in [2.05, 4.69) is 16.8 Å². The first-order valence-electron chi connectivity index (χ1n) is 3.68. The topological polar surface area (TPSA) is 26.0 Å². The van der Waals surface area contributed by atoms with Gasteiger partial charge >= 0.3 is 0 Å². The molecule has 0 fully saturated rings. The molecule has 0 atom stereocenters. The highest BCUT2D eigenvalue weighted by molar-refractivity contribution is 5.72. The van der Waals surface area contributed by atoms with Gasteiger partial charge < -0.3 is 4.42 Å². The summed E-state index contributed by atoms with van der Waals surface area (Å²) >= 11 is 0. The van der Waals surface area contributed by atoms with Crippen LogP contribution in [0.2, 0.25) is 0 Å². The predicted molar refractivity (Wildman–Crippen MR) is 46.6 cm³/mol. The molecule has 0 aliphatic carbocycles. The van der Waals surface area contributed by atoms with E-state index in [1.807, 2.05) is 24.3 Å². The van der Waals surface area contributed by atoms with Crippen molar-refractivity contribution in [2.75, 3.05) is 0 Å². The second kappa shape index (κ2) is 2.71. The van der Waals surface area contributed by atoms with Gasteiger partial charge in [-0.3, -0.25) is 0 Å². The molecule has 2 heteroatoms. The summed E-state index contributed by atoms with van der Waals surface area (Å²) < 4.78 is 5.32. The third kappa shape index (κ3) is 1.06. The highest BCUT2D eigenvalue weighted by Gasteiger charge is 1.99. The van der Waals surface area contributed by atoms with Gasteiger partial charge in [0.2, 0.25) is 0 Å². The zero-order valence-corrected chi connectivity index (χ0v) is 6.66. The SMILES string of the molecule is CC#Cc1nc2ccccc2o1. The predicted octanol–water partition coefficient (Wildman–Crippen LogP) is 2.20. The molecule has 1 heterocycles. The average Bonchev–Trinajstić information content (AvgIpc) is 2.47.